The summed E-state index contributed by atoms with van der Waals surface area (Å²) >= 11 is 0. The monoisotopic (exact) mass is 431 g/mol. The molecule has 1 atom stereocenters. The molecule has 4 rings (SSSR count). The van der Waals surface area contributed by atoms with Gasteiger partial charge in [-0.25, -0.2) is 0 Å². The normalized spacial score (nSPS) is 18.0. The third-order valence-electron chi connectivity index (χ3n) is 6.34. The average Bonchev–Trinajstić information content (AvgIpc) is 3.38. The van der Waals surface area contributed by atoms with Crippen molar-refractivity contribution in [3.05, 3.63) is 77.2 Å². The first-order valence-corrected chi connectivity index (χ1v) is 11.1. The SMILES string of the molecule is CCNC(=O)C1(Cc2ccccc2-c2ccccc2)CCN(C(=O)c2c(C)noc2C)C1. The molecule has 1 fully saturated rings. The summed E-state index contributed by atoms with van der Waals surface area (Å²) in [7, 11) is 0. The molecule has 2 amide bonds. The van der Waals surface area contributed by atoms with E-state index in [4.69, 9.17) is 4.52 Å². The van der Waals surface area contributed by atoms with Crippen LogP contribution in [0, 0.1) is 19.3 Å². The van der Waals surface area contributed by atoms with Gasteiger partial charge in [-0.05, 0) is 50.3 Å². The van der Waals surface area contributed by atoms with Gasteiger partial charge < -0.3 is 14.7 Å². The van der Waals surface area contributed by atoms with E-state index in [0.29, 0.717) is 49.5 Å². The zero-order chi connectivity index (χ0) is 22.7. The summed E-state index contributed by atoms with van der Waals surface area (Å²) < 4.78 is 5.20. The number of rotatable bonds is 6. The Morgan fingerprint density at radius 2 is 1.81 bits per heavy atom. The highest BCUT2D eigenvalue weighted by molar-refractivity contribution is 5.97. The maximum Gasteiger partial charge on any atom is 0.259 e. The van der Waals surface area contributed by atoms with Gasteiger partial charge in [0, 0.05) is 19.6 Å². The van der Waals surface area contributed by atoms with E-state index in [2.05, 4.69) is 34.7 Å². The number of nitrogens with zero attached hydrogens (tertiary/aromatic N) is 2. The molecule has 1 saturated heterocycles. The second kappa shape index (κ2) is 8.99. The molecule has 1 aliphatic heterocycles. The first-order valence-electron chi connectivity index (χ1n) is 11.1. The quantitative estimate of drug-likeness (QED) is 0.636. The van der Waals surface area contributed by atoms with Crippen molar-refractivity contribution in [2.75, 3.05) is 19.6 Å². The topological polar surface area (TPSA) is 75.4 Å². The maximum atomic E-state index is 13.3. The lowest BCUT2D eigenvalue weighted by molar-refractivity contribution is -0.130. The van der Waals surface area contributed by atoms with Crippen LogP contribution in [-0.4, -0.2) is 41.5 Å². The predicted molar refractivity (Wildman–Crippen MR) is 123 cm³/mol. The molecule has 1 unspecified atom stereocenters. The molecule has 2 aromatic carbocycles. The second-order valence-electron chi connectivity index (χ2n) is 8.52. The number of amides is 2. The van der Waals surface area contributed by atoms with Gasteiger partial charge in [0.2, 0.25) is 5.91 Å². The van der Waals surface area contributed by atoms with Crippen LogP contribution in [0.4, 0.5) is 0 Å². The van der Waals surface area contributed by atoms with Crippen molar-refractivity contribution in [3.63, 3.8) is 0 Å². The minimum atomic E-state index is -0.685. The van der Waals surface area contributed by atoms with Crippen LogP contribution in [0.3, 0.4) is 0 Å². The smallest absolute Gasteiger partial charge is 0.259 e. The van der Waals surface area contributed by atoms with Gasteiger partial charge in [-0.15, -0.1) is 0 Å². The molecule has 0 spiro atoms. The fourth-order valence-corrected chi connectivity index (χ4v) is 4.69. The van der Waals surface area contributed by atoms with E-state index >= 15 is 0 Å². The molecule has 0 aliphatic carbocycles. The summed E-state index contributed by atoms with van der Waals surface area (Å²) in [5.74, 6) is 0.387. The van der Waals surface area contributed by atoms with E-state index in [1.165, 1.54) is 0 Å². The summed E-state index contributed by atoms with van der Waals surface area (Å²) in [6, 6.07) is 18.4. The largest absolute Gasteiger partial charge is 0.361 e. The summed E-state index contributed by atoms with van der Waals surface area (Å²) in [5, 5.41) is 6.94. The minimum Gasteiger partial charge on any atom is -0.361 e. The zero-order valence-corrected chi connectivity index (χ0v) is 18.9. The van der Waals surface area contributed by atoms with E-state index in [9.17, 15) is 9.59 Å². The lowest BCUT2D eigenvalue weighted by atomic mass is 9.78. The number of nitrogens with one attached hydrogen (secondary N) is 1. The van der Waals surface area contributed by atoms with Crippen LogP contribution in [0.15, 0.2) is 59.1 Å². The number of aryl methyl sites for hydroxylation is 2. The molecule has 1 N–H and O–H groups in total. The molecule has 2 heterocycles. The molecule has 3 aromatic rings. The average molecular weight is 432 g/mol. The van der Waals surface area contributed by atoms with Gasteiger partial charge >= 0.3 is 0 Å². The molecular formula is C26H29N3O3. The van der Waals surface area contributed by atoms with E-state index in [1.54, 1.807) is 18.7 Å². The number of hydrogen-bond acceptors (Lipinski definition) is 4. The number of hydrogen-bond donors (Lipinski definition) is 1. The first-order chi connectivity index (χ1) is 15.4. The predicted octanol–water partition coefficient (Wildman–Crippen LogP) is 4.17. The molecule has 6 heteroatoms. The number of benzene rings is 2. The third-order valence-corrected chi connectivity index (χ3v) is 6.34. The Kier molecular flexibility index (Phi) is 6.12. The highest BCUT2D eigenvalue weighted by atomic mass is 16.5. The molecule has 1 aromatic heterocycles. The van der Waals surface area contributed by atoms with Crippen molar-refractivity contribution >= 4 is 11.8 Å². The van der Waals surface area contributed by atoms with Crippen LogP contribution in [0.1, 0.15) is 40.7 Å². The van der Waals surface area contributed by atoms with Crippen LogP contribution >= 0.6 is 0 Å². The highest BCUT2D eigenvalue weighted by Gasteiger charge is 2.46. The molecular weight excluding hydrogens is 402 g/mol. The highest BCUT2D eigenvalue weighted by Crippen LogP contribution is 2.38. The van der Waals surface area contributed by atoms with Crippen molar-refractivity contribution in [1.82, 2.24) is 15.4 Å². The number of likely N-dealkylation sites (tertiary alicyclic amines) is 1. The van der Waals surface area contributed by atoms with Gasteiger partial charge in [-0.1, -0.05) is 59.8 Å². The van der Waals surface area contributed by atoms with Crippen LogP contribution in [0.5, 0.6) is 0 Å². The fraction of sp³-hybridized carbons (Fsp3) is 0.346. The molecule has 0 saturated carbocycles. The Morgan fingerprint density at radius 1 is 1.09 bits per heavy atom. The van der Waals surface area contributed by atoms with Crippen molar-refractivity contribution < 1.29 is 14.1 Å². The van der Waals surface area contributed by atoms with Crippen molar-refractivity contribution in [3.8, 4) is 11.1 Å². The standard InChI is InChI=1S/C26H29N3O3/c1-4-27-25(31)26(14-15-29(17-26)24(30)23-18(2)28-32-19(23)3)16-21-12-8-9-13-22(21)20-10-6-5-7-11-20/h5-13H,4,14-17H2,1-3H3,(H,27,31). The van der Waals surface area contributed by atoms with Gasteiger partial charge in [0.1, 0.15) is 11.3 Å². The summed E-state index contributed by atoms with van der Waals surface area (Å²) in [6.45, 7) is 6.88. The lowest BCUT2D eigenvalue weighted by Gasteiger charge is -2.29. The number of carbonyl (C=O) groups excluding carboxylic acids is 2. The fourth-order valence-electron chi connectivity index (χ4n) is 4.69. The van der Waals surface area contributed by atoms with Gasteiger partial charge in [0.15, 0.2) is 0 Å². The summed E-state index contributed by atoms with van der Waals surface area (Å²) in [5.41, 5.74) is 3.74. The zero-order valence-electron chi connectivity index (χ0n) is 18.9. The van der Waals surface area contributed by atoms with Gasteiger partial charge in [-0.3, -0.25) is 9.59 Å². The maximum absolute atomic E-state index is 13.3. The third kappa shape index (κ3) is 4.05. The van der Waals surface area contributed by atoms with Crippen LogP contribution in [0.25, 0.3) is 11.1 Å². The van der Waals surface area contributed by atoms with Gasteiger partial charge in [0.05, 0.1) is 11.1 Å². The first kappa shape index (κ1) is 21.8. The second-order valence-corrected chi connectivity index (χ2v) is 8.52. The van der Waals surface area contributed by atoms with Crippen LogP contribution in [0.2, 0.25) is 0 Å². The van der Waals surface area contributed by atoms with Crippen molar-refractivity contribution in [1.29, 1.82) is 0 Å². The Bertz CT molecular complexity index is 1100. The Morgan fingerprint density at radius 3 is 2.50 bits per heavy atom. The Balaban J connectivity index is 1.67. The number of carbonyl (C=O) groups is 2. The molecule has 166 valence electrons. The lowest BCUT2D eigenvalue weighted by Crippen LogP contribution is -2.45. The molecule has 1 aliphatic rings. The number of aromatic nitrogens is 1. The van der Waals surface area contributed by atoms with Crippen molar-refractivity contribution in [2.45, 2.75) is 33.6 Å². The van der Waals surface area contributed by atoms with Crippen LogP contribution in [-0.2, 0) is 11.2 Å². The minimum absolute atomic E-state index is 0.00285. The Labute approximate surface area is 188 Å². The molecule has 0 radical (unpaired) electrons. The van der Waals surface area contributed by atoms with E-state index < -0.39 is 5.41 Å². The molecule has 32 heavy (non-hydrogen) atoms. The summed E-state index contributed by atoms with van der Waals surface area (Å²) in [6.07, 6.45) is 1.17. The van der Waals surface area contributed by atoms with Gasteiger partial charge in [0.25, 0.3) is 5.91 Å². The van der Waals surface area contributed by atoms with E-state index in [-0.39, 0.29) is 11.8 Å². The molecule has 0 bridgehead atoms. The summed E-state index contributed by atoms with van der Waals surface area (Å²) in [4.78, 5) is 28.4. The van der Waals surface area contributed by atoms with Crippen molar-refractivity contribution in [2.24, 2.45) is 5.41 Å². The van der Waals surface area contributed by atoms with E-state index in [0.717, 1.165) is 16.7 Å². The Hall–Kier alpha value is -3.41. The van der Waals surface area contributed by atoms with Crippen LogP contribution < -0.4 is 5.32 Å². The van der Waals surface area contributed by atoms with Gasteiger partial charge in [-0.2, -0.15) is 0 Å². The molecule has 6 nitrogen and oxygen atoms in total. The van der Waals surface area contributed by atoms with E-state index in [1.807, 2.05) is 37.3 Å².